The average Bonchev–Trinajstić information content (AvgIpc) is 3.37. The van der Waals surface area contributed by atoms with E-state index in [1.807, 2.05) is 0 Å². The Kier molecular flexibility index (Phi) is 5.02. The second-order valence-electron chi connectivity index (χ2n) is 7.11. The van der Waals surface area contributed by atoms with Crippen molar-refractivity contribution in [2.45, 2.75) is 0 Å². The molecule has 0 saturated carbocycles. The van der Waals surface area contributed by atoms with Crippen LogP contribution in [0.5, 0.6) is 17.4 Å². The number of fused-ring (bicyclic) bond motifs is 1. The summed E-state index contributed by atoms with van der Waals surface area (Å²) in [5.41, 5.74) is 1.15. The van der Waals surface area contributed by atoms with Crippen molar-refractivity contribution in [3.8, 4) is 33.8 Å². The van der Waals surface area contributed by atoms with E-state index in [4.69, 9.17) is 4.74 Å². The van der Waals surface area contributed by atoms with E-state index in [0.717, 1.165) is 4.70 Å². The predicted octanol–water partition coefficient (Wildman–Crippen LogP) is 4.94. The molecule has 164 valence electrons. The van der Waals surface area contributed by atoms with Gasteiger partial charge in [0.05, 0.1) is 28.6 Å². The molecular formula is C24H16FN3O4S. The van der Waals surface area contributed by atoms with Crippen molar-refractivity contribution in [3.05, 3.63) is 83.9 Å². The van der Waals surface area contributed by atoms with Crippen molar-refractivity contribution < 1.29 is 24.1 Å². The lowest BCUT2D eigenvalue weighted by molar-refractivity contribution is 0.103. The van der Waals surface area contributed by atoms with Gasteiger partial charge >= 0.3 is 0 Å². The summed E-state index contributed by atoms with van der Waals surface area (Å²) in [6, 6.07) is 15.5. The highest BCUT2D eigenvalue weighted by Crippen LogP contribution is 2.45. The Hall–Kier alpha value is -4.24. The number of carbonyl (C=O) groups excluding carboxylic acids is 1. The van der Waals surface area contributed by atoms with Crippen molar-refractivity contribution in [2.75, 3.05) is 7.11 Å². The van der Waals surface area contributed by atoms with Crippen LogP contribution in [0.2, 0.25) is 0 Å². The van der Waals surface area contributed by atoms with Crippen LogP contribution in [-0.2, 0) is 0 Å². The number of nitrogens with zero attached hydrogens (tertiary/aromatic N) is 3. The molecule has 5 rings (SSSR count). The standard InChI is InChI=1S/C24H16FN3O4S/c1-32-15-9-10-16-18(12-15)33-24(27-16)28-20(13-5-7-14(25)8-6-13)19(22(30)23(28)31)21(29)17-4-2-3-11-26-17/h2-12,30-31H,1H3. The maximum absolute atomic E-state index is 13.6. The summed E-state index contributed by atoms with van der Waals surface area (Å²) in [6.07, 6.45) is 1.46. The van der Waals surface area contributed by atoms with Crippen molar-refractivity contribution in [3.63, 3.8) is 0 Å². The Labute approximate surface area is 191 Å². The quantitative estimate of drug-likeness (QED) is 0.360. The molecular weight excluding hydrogens is 445 g/mol. The predicted molar refractivity (Wildman–Crippen MR) is 122 cm³/mol. The Morgan fingerprint density at radius 2 is 1.88 bits per heavy atom. The second-order valence-corrected chi connectivity index (χ2v) is 8.12. The third-order valence-electron chi connectivity index (χ3n) is 5.14. The zero-order valence-electron chi connectivity index (χ0n) is 17.2. The maximum Gasteiger partial charge on any atom is 0.242 e. The van der Waals surface area contributed by atoms with Crippen LogP contribution in [0.4, 0.5) is 4.39 Å². The Balaban J connectivity index is 1.79. The first kappa shape index (κ1) is 20.7. The van der Waals surface area contributed by atoms with E-state index >= 15 is 0 Å². The van der Waals surface area contributed by atoms with Crippen LogP contribution in [0.3, 0.4) is 0 Å². The molecule has 2 aromatic carbocycles. The van der Waals surface area contributed by atoms with Gasteiger partial charge in [0.15, 0.2) is 10.9 Å². The van der Waals surface area contributed by atoms with Gasteiger partial charge < -0.3 is 14.9 Å². The van der Waals surface area contributed by atoms with E-state index in [-0.39, 0.29) is 17.0 Å². The first-order valence-corrected chi connectivity index (χ1v) is 10.6. The number of aromatic nitrogens is 3. The van der Waals surface area contributed by atoms with Gasteiger partial charge in [-0.1, -0.05) is 17.4 Å². The summed E-state index contributed by atoms with van der Waals surface area (Å²) in [5, 5.41) is 22.0. The maximum atomic E-state index is 13.6. The minimum absolute atomic E-state index is 0.0855. The van der Waals surface area contributed by atoms with Crippen LogP contribution >= 0.6 is 11.3 Å². The van der Waals surface area contributed by atoms with E-state index in [0.29, 0.717) is 22.0 Å². The van der Waals surface area contributed by atoms with Crippen LogP contribution in [0.1, 0.15) is 16.1 Å². The molecule has 0 aliphatic carbocycles. The van der Waals surface area contributed by atoms with Crippen LogP contribution in [0.15, 0.2) is 66.9 Å². The third kappa shape index (κ3) is 3.48. The number of benzene rings is 2. The summed E-state index contributed by atoms with van der Waals surface area (Å²) < 4.78 is 21.0. The summed E-state index contributed by atoms with van der Waals surface area (Å²) in [7, 11) is 1.56. The number of methoxy groups -OCH3 is 1. The molecule has 0 spiro atoms. The SMILES string of the molecule is COc1ccc2nc(-n3c(O)c(O)c(C(=O)c4ccccn4)c3-c3ccc(F)cc3)sc2c1. The molecule has 3 aromatic heterocycles. The summed E-state index contributed by atoms with van der Waals surface area (Å²) in [4.78, 5) is 22.0. The van der Waals surface area contributed by atoms with Gasteiger partial charge in [0.1, 0.15) is 17.3 Å². The largest absolute Gasteiger partial charge is 0.503 e. The van der Waals surface area contributed by atoms with E-state index in [1.165, 1.54) is 52.4 Å². The number of aromatic hydroxyl groups is 2. The fourth-order valence-corrected chi connectivity index (χ4v) is 4.57. The van der Waals surface area contributed by atoms with Gasteiger partial charge in [-0.3, -0.25) is 14.3 Å². The molecule has 2 N–H and O–H groups in total. The Bertz CT molecular complexity index is 1490. The minimum atomic E-state index is -0.609. The van der Waals surface area contributed by atoms with Gasteiger partial charge in [-0.25, -0.2) is 9.37 Å². The van der Waals surface area contributed by atoms with Gasteiger partial charge in [-0.2, -0.15) is 0 Å². The number of carbonyl (C=O) groups is 1. The average molecular weight is 461 g/mol. The number of ether oxygens (including phenoxy) is 1. The molecule has 5 aromatic rings. The molecule has 0 atom stereocenters. The van der Waals surface area contributed by atoms with Crippen LogP contribution in [0.25, 0.3) is 26.6 Å². The number of hydrogen-bond donors (Lipinski definition) is 2. The third-order valence-corrected chi connectivity index (χ3v) is 6.14. The van der Waals surface area contributed by atoms with Gasteiger partial charge in [0.2, 0.25) is 11.7 Å². The normalized spacial score (nSPS) is 11.1. The first-order valence-electron chi connectivity index (χ1n) is 9.81. The number of rotatable bonds is 5. The Morgan fingerprint density at radius 1 is 1.09 bits per heavy atom. The lowest BCUT2D eigenvalue weighted by atomic mass is 10.0. The lowest BCUT2D eigenvalue weighted by Crippen LogP contribution is -2.06. The Morgan fingerprint density at radius 3 is 2.58 bits per heavy atom. The van der Waals surface area contributed by atoms with Crippen LogP contribution < -0.4 is 4.74 Å². The molecule has 0 radical (unpaired) electrons. The number of pyridine rings is 1. The fraction of sp³-hybridized carbons (Fsp3) is 0.0417. The van der Waals surface area contributed by atoms with Crippen molar-refractivity contribution in [1.29, 1.82) is 0 Å². The zero-order chi connectivity index (χ0) is 23.1. The number of hydrogen-bond acceptors (Lipinski definition) is 7. The minimum Gasteiger partial charge on any atom is -0.503 e. The van der Waals surface area contributed by atoms with Gasteiger partial charge in [0, 0.05) is 6.20 Å². The van der Waals surface area contributed by atoms with Gasteiger partial charge in [0.25, 0.3) is 0 Å². The molecule has 0 saturated heterocycles. The van der Waals surface area contributed by atoms with Crippen LogP contribution in [0, 0.1) is 5.82 Å². The topological polar surface area (TPSA) is 97.5 Å². The molecule has 0 fully saturated rings. The summed E-state index contributed by atoms with van der Waals surface area (Å²) in [5.74, 6) is -1.58. The molecule has 7 nitrogen and oxygen atoms in total. The monoisotopic (exact) mass is 461 g/mol. The van der Waals surface area contributed by atoms with Crippen molar-refractivity contribution in [2.24, 2.45) is 0 Å². The summed E-state index contributed by atoms with van der Waals surface area (Å²) in [6.45, 7) is 0. The highest BCUT2D eigenvalue weighted by molar-refractivity contribution is 7.20. The number of thiazole rings is 1. The van der Waals surface area contributed by atoms with Crippen LogP contribution in [-0.4, -0.2) is 37.6 Å². The second kappa shape index (κ2) is 8.03. The van der Waals surface area contributed by atoms with Gasteiger partial charge in [-0.05, 0) is 60.2 Å². The first-order chi connectivity index (χ1) is 16.0. The smallest absolute Gasteiger partial charge is 0.242 e. The lowest BCUT2D eigenvalue weighted by Gasteiger charge is -2.09. The molecule has 9 heteroatoms. The summed E-state index contributed by atoms with van der Waals surface area (Å²) >= 11 is 1.24. The zero-order valence-corrected chi connectivity index (χ0v) is 18.0. The van der Waals surface area contributed by atoms with E-state index in [2.05, 4.69) is 9.97 Å². The fourth-order valence-electron chi connectivity index (χ4n) is 3.57. The van der Waals surface area contributed by atoms with E-state index in [9.17, 15) is 19.4 Å². The van der Waals surface area contributed by atoms with E-state index < -0.39 is 23.2 Å². The van der Waals surface area contributed by atoms with Crippen molar-refractivity contribution >= 4 is 27.3 Å². The number of ketones is 1. The molecule has 0 aliphatic rings. The molecule has 0 aliphatic heterocycles. The van der Waals surface area contributed by atoms with Crippen molar-refractivity contribution in [1.82, 2.24) is 14.5 Å². The highest BCUT2D eigenvalue weighted by Gasteiger charge is 2.31. The van der Waals surface area contributed by atoms with Gasteiger partial charge in [-0.15, -0.1) is 0 Å². The molecule has 0 amide bonds. The molecule has 0 unspecified atom stereocenters. The molecule has 3 heterocycles. The highest BCUT2D eigenvalue weighted by atomic mass is 32.1. The number of halogens is 1. The molecule has 33 heavy (non-hydrogen) atoms. The van der Waals surface area contributed by atoms with E-state index in [1.54, 1.807) is 37.4 Å². The molecule has 0 bridgehead atoms.